The Labute approximate surface area is 153 Å². The molecule has 0 unspecified atom stereocenters. The van der Waals surface area contributed by atoms with Crippen molar-refractivity contribution in [3.05, 3.63) is 74.4 Å². The maximum absolute atomic E-state index is 11.2. The normalized spacial score (nSPS) is 11.8. The summed E-state index contributed by atoms with van der Waals surface area (Å²) in [6, 6.07) is 13.2. The van der Waals surface area contributed by atoms with E-state index in [2.05, 4.69) is 26.8 Å². The third-order valence-corrected chi connectivity index (χ3v) is 4.62. The number of hydrogen-bond acceptors (Lipinski definition) is 3. The van der Waals surface area contributed by atoms with Gasteiger partial charge < -0.3 is 9.72 Å². The lowest BCUT2D eigenvalue weighted by Gasteiger charge is -2.15. The molecule has 126 valence electrons. The number of ether oxygens (including phenoxy) is 1. The molecule has 0 saturated heterocycles. The summed E-state index contributed by atoms with van der Waals surface area (Å²) in [5, 5.41) is 12.2. The molecule has 1 heterocycles. The van der Waals surface area contributed by atoms with E-state index in [0.717, 1.165) is 22.0 Å². The number of nitro groups is 1. The van der Waals surface area contributed by atoms with Gasteiger partial charge in [0.2, 0.25) is 6.54 Å². The van der Waals surface area contributed by atoms with E-state index in [9.17, 15) is 10.1 Å². The van der Waals surface area contributed by atoms with Gasteiger partial charge in [-0.15, -0.1) is 6.42 Å². The van der Waals surface area contributed by atoms with Crippen LogP contribution < -0.4 is 4.74 Å². The maximum atomic E-state index is 11.2. The Kier molecular flexibility index (Phi) is 5.05. The van der Waals surface area contributed by atoms with E-state index >= 15 is 0 Å². The number of H-pyrrole nitrogens is 1. The van der Waals surface area contributed by atoms with Crippen LogP contribution in [-0.4, -0.2) is 23.1 Å². The molecule has 0 amide bonds. The minimum absolute atomic E-state index is 0.165. The number of aromatic amines is 1. The van der Waals surface area contributed by atoms with Gasteiger partial charge in [-0.2, -0.15) is 0 Å². The van der Waals surface area contributed by atoms with Gasteiger partial charge in [-0.25, -0.2) is 0 Å². The molecule has 1 aromatic heterocycles. The molecule has 5 nitrogen and oxygen atoms in total. The van der Waals surface area contributed by atoms with E-state index in [0.29, 0.717) is 10.2 Å². The highest BCUT2D eigenvalue weighted by atomic mass is 79.9. The number of terminal acetylenes is 1. The largest absolute Gasteiger partial charge is 0.480 e. The van der Waals surface area contributed by atoms with Crippen molar-refractivity contribution in [2.75, 3.05) is 13.2 Å². The number of fused-ring (bicyclic) bond motifs is 1. The van der Waals surface area contributed by atoms with Crippen LogP contribution in [0, 0.1) is 22.5 Å². The number of benzene rings is 2. The summed E-state index contributed by atoms with van der Waals surface area (Å²) in [6.45, 7) is -0.0302. The molecular formula is C19H15BrN2O3. The Balaban J connectivity index is 2.03. The fourth-order valence-electron chi connectivity index (χ4n) is 2.88. The Hall–Kier alpha value is -2.78. The van der Waals surface area contributed by atoms with Gasteiger partial charge in [-0.3, -0.25) is 10.1 Å². The number of para-hydroxylation sites is 1. The molecular weight excluding hydrogens is 384 g/mol. The molecule has 2 aromatic carbocycles. The zero-order valence-electron chi connectivity index (χ0n) is 13.2. The third-order valence-electron chi connectivity index (χ3n) is 4.00. The SMILES string of the molecule is C#CCOc1ccc([C@H](C[N+](=O)[O-])c2c[nH]c3ccccc23)cc1Br. The molecule has 0 fully saturated rings. The van der Waals surface area contributed by atoms with Crippen LogP contribution >= 0.6 is 15.9 Å². The van der Waals surface area contributed by atoms with Crippen molar-refractivity contribution in [1.82, 2.24) is 4.98 Å². The molecule has 6 heteroatoms. The van der Waals surface area contributed by atoms with Crippen LogP contribution in [0.5, 0.6) is 5.75 Å². The molecule has 3 rings (SSSR count). The average Bonchev–Trinajstić information content (AvgIpc) is 3.02. The summed E-state index contributed by atoms with van der Waals surface area (Å²) < 4.78 is 6.16. The van der Waals surface area contributed by atoms with Gasteiger partial charge in [0.1, 0.15) is 12.4 Å². The standard InChI is InChI=1S/C19H15BrN2O3/c1-2-9-25-19-8-7-13(10-17(19)20)16(12-22(23)24)15-11-21-18-6-4-3-5-14(15)18/h1,3-8,10-11,16,21H,9,12H2/t16-/m0/s1. The zero-order valence-corrected chi connectivity index (χ0v) is 14.8. The summed E-state index contributed by atoms with van der Waals surface area (Å²) in [5.41, 5.74) is 2.69. The highest BCUT2D eigenvalue weighted by Gasteiger charge is 2.24. The highest BCUT2D eigenvalue weighted by molar-refractivity contribution is 9.10. The maximum Gasteiger partial charge on any atom is 0.214 e. The topological polar surface area (TPSA) is 68.2 Å². The number of aromatic nitrogens is 1. The van der Waals surface area contributed by atoms with Crippen molar-refractivity contribution in [2.24, 2.45) is 0 Å². The first kappa shape index (κ1) is 17.1. The molecule has 0 aliphatic heterocycles. The van der Waals surface area contributed by atoms with Gasteiger partial charge >= 0.3 is 0 Å². The number of nitrogens with one attached hydrogen (secondary N) is 1. The molecule has 0 bridgehead atoms. The summed E-state index contributed by atoms with van der Waals surface area (Å²) in [7, 11) is 0. The van der Waals surface area contributed by atoms with E-state index in [1.165, 1.54) is 0 Å². The smallest absolute Gasteiger partial charge is 0.214 e. The Morgan fingerprint density at radius 1 is 1.32 bits per heavy atom. The fraction of sp³-hybridized carbons (Fsp3) is 0.158. The van der Waals surface area contributed by atoms with Crippen molar-refractivity contribution in [1.29, 1.82) is 0 Å². The molecule has 3 aromatic rings. The molecule has 0 saturated carbocycles. The predicted molar refractivity (Wildman–Crippen MR) is 100 cm³/mol. The van der Waals surface area contributed by atoms with Crippen molar-refractivity contribution >= 4 is 26.8 Å². The first-order valence-electron chi connectivity index (χ1n) is 7.63. The molecule has 0 aliphatic carbocycles. The van der Waals surface area contributed by atoms with Crippen LogP contribution in [0.15, 0.2) is 53.1 Å². The fourth-order valence-corrected chi connectivity index (χ4v) is 3.40. The first-order valence-corrected chi connectivity index (χ1v) is 8.43. The first-order chi connectivity index (χ1) is 12.1. The third kappa shape index (κ3) is 3.67. The number of halogens is 1. The van der Waals surface area contributed by atoms with Gasteiger partial charge in [0.15, 0.2) is 0 Å². The summed E-state index contributed by atoms with van der Waals surface area (Å²) >= 11 is 3.45. The van der Waals surface area contributed by atoms with Gasteiger partial charge in [0.05, 0.1) is 10.4 Å². The lowest BCUT2D eigenvalue weighted by molar-refractivity contribution is -0.481. The number of hydrogen-bond donors (Lipinski definition) is 1. The minimum Gasteiger partial charge on any atom is -0.480 e. The van der Waals surface area contributed by atoms with E-state index in [1.807, 2.05) is 42.6 Å². The van der Waals surface area contributed by atoms with E-state index in [1.54, 1.807) is 6.07 Å². The quantitative estimate of drug-likeness (QED) is 0.381. The van der Waals surface area contributed by atoms with Crippen molar-refractivity contribution < 1.29 is 9.66 Å². The molecule has 0 spiro atoms. The summed E-state index contributed by atoms with van der Waals surface area (Å²) in [4.78, 5) is 14.1. The van der Waals surface area contributed by atoms with Crippen LogP contribution in [0.3, 0.4) is 0 Å². The lowest BCUT2D eigenvalue weighted by Crippen LogP contribution is -2.14. The molecule has 0 aliphatic rings. The summed E-state index contributed by atoms with van der Waals surface area (Å²) in [6.07, 6.45) is 7.05. The number of rotatable bonds is 6. The minimum atomic E-state index is -0.371. The lowest BCUT2D eigenvalue weighted by atomic mass is 9.91. The Bertz CT molecular complexity index is 959. The van der Waals surface area contributed by atoms with Crippen LogP contribution in [0.2, 0.25) is 0 Å². The van der Waals surface area contributed by atoms with E-state index < -0.39 is 0 Å². The average molecular weight is 399 g/mol. The second-order valence-corrected chi connectivity index (χ2v) is 6.39. The molecule has 1 N–H and O–H groups in total. The highest BCUT2D eigenvalue weighted by Crippen LogP contribution is 2.35. The Morgan fingerprint density at radius 2 is 2.12 bits per heavy atom. The second kappa shape index (κ2) is 7.41. The predicted octanol–water partition coefficient (Wildman–Crippen LogP) is 4.35. The molecule has 0 radical (unpaired) electrons. The molecule has 25 heavy (non-hydrogen) atoms. The number of nitrogens with zero attached hydrogens (tertiary/aromatic N) is 1. The van der Waals surface area contributed by atoms with Crippen LogP contribution in [0.1, 0.15) is 17.0 Å². The summed E-state index contributed by atoms with van der Waals surface area (Å²) in [5.74, 6) is 2.65. The van der Waals surface area contributed by atoms with Gasteiger partial charge in [0.25, 0.3) is 0 Å². The van der Waals surface area contributed by atoms with Crippen molar-refractivity contribution in [3.63, 3.8) is 0 Å². The second-order valence-electron chi connectivity index (χ2n) is 5.54. The Morgan fingerprint density at radius 3 is 2.84 bits per heavy atom. The zero-order chi connectivity index (χ0) is 17.8. The van der Waals surface area contributed by atoms with Gasteiger partial charge in [-0.1, -0.05) is 30.2 Å². The van der Waals surface area contributed by atoms with E-state index in [4.69, 9.17) is 11.2 Å². The van der Waals surface area contributed by atoms with Gasteiger partial charge in [0, 0.05) is 22.0 Å². The van der Waals surface area contributed by atoms with Crippen LogP contribution in [0.25, 0.3) is 10.9 Å². The monoisotopic (exact) mass is 398 g/mol. The van der Waals surface area contributed by atoms with Crippen molar-refractivity contribution in [3.8, 4) is 18.1 Å². The van der Waals surface area contributed by atoms with Crippen LogP contribution in [-0.2, 0) is 0 Å². The van der Waals surface area contributed by atoms with Gasteiger partial charge in [-0.05, 0) is 45.3 Å². The van der Waals surface area contributed by atoms with Crippen molar-refractivity contribution in [2.45, 2.75) is 5.92 Å². The van der Waals surface area contributed by atoms with Crippen LogP contribution in [0.4, 0.5) is 0 Å². The van der Waals surface area contributed by atoms with E-state index in [-0.39, 0.29) is 24.0 Å². The molecule has 1 atom stereocenters.